The van der Waals surface area contributed by atoms with Crippen LogP contribution in [0.4, 0.5) is 5.82 Å². The Bertz CT molecular complexity index is 970. The molecule has 0 spiro atoms. The number of carbonyl (C=O) groups excluding carboxylic acids is 3. The van der Waals surface area contributed by atoms with Crippen molar-refractivity contribution in [1.82, 2.24) is 19.7 Å². The van der Waals surface area contributed by atoms with Gasteiger partial charge in [0.1, 0.15) is 0 Å². The van der Waals surface area contributed by atoms with Crippen LogP contribution in [0, 0.1) is 6.92 Å². The standard InChI is InChI=1S/C20H27N5O4/c1-12-15(18(28)21-14-8-10-24(4)23-14)13-7-5-6-9-25(13)16(12)17(27)19(29)22-20(2,3)11-26/h8,10,26H,5-7,9,11H2,1-4H3,(H,22,29)(H,21,23,28). The number of aliphatic hydroxyl groups excluding tert-OH is 1. The number of nitrogens with zero attached hydrogens (tertiary/aromatic N) is 3. The van der Waals surface area contributed by atoms with Crippen molar-refractivity contribution >= 4 is 23.4 Å². The van der Waals surface area contributed by atoms with Crippen molar-refractivity contribution in [2.45, 2.75) is 52.1 Å². The van der Waals surface area contributed by atoms with Crippen LogP contribution in [0.3, 0.4) is 0 Å². The first kappa shape index (κ1) is 20.8. The third-order valence-electron chi connectivity index (χ3n) is 5.11. The van der Waals surface area contributed by atoms with E-state index in [0.29, 0.717) is 29.9 Å². The molecule has 2 aromatic heterocycles. The van der Waals surface area contributed by atoms with Crippen molar-refractivity contribution in [3.8, 4) is 0 Å². The van der Waals surface area contributed by atoms with E-state index in [2.05, 4.69) is 15.7 Å². The van der Waals surface area contributed by atoms with Gasteiger partial charge in [-0.25, -0.2) is 0 Å². The van der Waals surface area contributed by atoms with Gasteiger partial charge in [0, 0.05) is 31.5 Å². The molecule has 0 radical (unpaired) electrons. The number of Topliss-reactive ketones (excluding diaryl/α,β-unsaturated/α-hetero) is 1. The number of ketones is 1. The highest BCUT2D eigenvalue weighted by atomic mass is 16.3. The summed E-state index contributed by atoms with van der Waals surface area (Å²) in [5.41, 5.74) is 0.985. The number of fused-ring (bicyclic) bond motifs is 1. The van der Waals surface area contributed by atoms with E-state index in [-0.39, 0.29) is 18.2 Å². The Hall–Kier alpha value is -2.94. The number of hydrogen-bond donors (Lipinski definition) is 3. The third-order valence-corrected chi connectivity index (χ3v) is 5.11. The minimum absolute atomic E-state index is 0.233. The molecule has 0 bridgehead atoms. The molecule has 9 heteroatoms. The number of aryl methyl sites for hydroxylation is 1. The molecule has 1 aliphatic heterocycles. The molecular formula is C20H27N5O4. The number of nitrogens with one attached hydrogen (secondary N) is 2. The molecule has 0 saturated heterocycles. The molecule has 3 N–H and O–H groups in total. The summed E-state index contributed by atoms with van der Waals surface area (Å²) in [7, 11) is 1.75. The monoisotopic (exact) mass is 401 g/mol. The smallest absolute Gasteiger partial charge is 0.294 e. The van der Waals surface area contributed by atoms with Gasteiger partial charge in [-0.15, -0.1) is 0 Å². The maximum Gasteiger partial charge on any atom is 0.294 e. The summed E-state index contributed by atoms with van der Waals surface area (Å²) in [5, 5.41) is 18.9. The van der Waals surface area contributed by atoms with E-state index >= 15 is 0 Å². The Morgan fingerprint density at radius 1 is 1.28 bits per heavy atom. The summed E-state index contributed by atoms with van der Waals surface area (Å²) in [5.74, 6) is -1.43. The quantitative estimate of drug-likeness (QED) is 0.496. The molecule has 3 heterocycles. The summed E-state index contributed by atoms with van der Waals surface area (Å²) < 4.78 is 3.37. The van der Waals surface area contributed by atoms with E-state index in [4.69, 9.17) is 0 Å². The van der Waals surface area contributed by atoms with Gasteiger partial charge >= 0.3 is 0 Å². The molecule has 2 aromatic rings. The van der Waals surface area contributed by atoms with Crippen LogP contribution in [0.1, 0.15) is 58.8 Å². The maximum atomic E-state index is 13.0. The van der Waals surface area contributed by atoms with Gasteiger partial charge in [0.2, 0.25) is 0 Å². The van der Waals surface area contributed by atoms with Crippen molar-refractivity contribution in [2.24, 2.45) is 7.05 Å². The van der Waals surface area contributed by atoms with Crippen molar-refractivity contribution in [3.63, 3.8) is 0 Å². The van der Waals surface area contributed by atoms with E-state index in [1.54, 1.807) is 49.3 Å². The molecule has 0 fully saturated rings. The van der Waals surface area contributed by atoms with E-state index in [0.717, 1.165) is 18.5 Å². The summed E-state index contributed by atoms with van der Waals surface area (Å²) in [4.78, 5) is 38.5. The van der Waals surface area contributed by atoms with E-state index in [1.807, 2.05) is 0 Å². The molecule has 0 aromatic carbocycles. The lowest BCUT2D eigenvalue weighted by Crippen LogP contribution is -2.49. The molecule has 0 aliphatic carbocycles. The second-order valence-corrected chi connectivity index (χ2v) is 8.06. The Morgan fingerprint density at radius 2 is 2.00 bits per heavy atom. The molecule has 156 valence electrons. The van der Waals surface area contributed by atoms with Crippen LogP contribution in [-0.2, 0) is 24.8 Å². The van der Waals surface area contributed by atoms with Crippen LogP contribution >= 0.6 is 0 Å². The molecule has 29 heavy (non-hydrogen) atoms. The second kappa shape index (κ2) is 7.82. The SMILES string of the molecule is Cc1c(C(=O)Nc2ccn(C)n2)c2n(c1C(=O)C(=O)NC(C)(C)CO)CCCC2. The first-order chi connectivity index (χ1) is 13.6. The number of anilines is 1. The number of aliphatic hydroxyl groups is 1. The molecule has 0 unspecified atom stereocenters. The number of amides is 2. The summed E-state index contributed by atoms with van der Waals surface area (Å²) in [6.45, 7) is 5.23. The normalized spacial score (nSPS) is 13.7. The van der Waals surface area contributed by atoms with Gasteiger partial charge in [-0.05, 0) is 45.6 Å². The Labute approximate surface area is 169 Å². The largest absolute Gasteiger partial charge is 0.394 e. The van der Waals surface area contributed by atoms with Gasteiger partial charge in [-0.3, -0.25) is 19.1 Å². The van der Waals surface area contributed by atoms with E-state index in [1.165, 1.54) is 0 Å². The minimum Gasteiger partial charge on any atom is -0.394 e. The van der Waals surface area contributed by atoms with Gasteiger partial charge in [-0.2, -0.15) is 5.10 Å². The highest BCUT2D eigenvalue weighted by Gasteiger charge is 2.33. The van der Waals surface area contributed by atoms with Gasteiger partial charge in [0.05, 0.1) is 23.4 Å². The Morgan fingerprint density at radius 3 is 2.62 bits per heavy atom. The lowest BCUT2D eigenvalue weighted by atomic mass is 10.0. The Kier molecular flexibility index (Phi) is 5.61. The molecule has 2 amide bonds. The number of rotatable bonds is 6. The van der Waals surface area contributed by atoms with Crippen LogP contribution in [0.2, 0.25) is 0 Å². The van der Waals surface area contributed by atoms with Crippen LogP contribution in [0.25, 0.3) is 0 Å². The van der Waals surface area contributed by atoms with Crippen LogP contribution in [0.15, 0.2) is 12.3 Å². The number of carbonyl (C=O) groups is 3. The first-order valence-electron chi connectivity index (χ1n) is 9.65. The third kappa shape index (κ3) is 4.09. The maximum absolute atomic E-state index is 13.0. The molecule has 3 rings (SSSR count). The fourth-order valence-corrected chi connectivity index (χ4v) is 3.64. The molecule has 9 nitrogen and oxygen atoms in total. The van der Waals surface area contributed by atoms with E-state index < -0.39 is 17.2 Å². The van der Waals surface area contributed by atoms with Crippen LogP contribution < -0.4 is 10.6 Å². The van der Waals surface area contributed by atoms with Crippen LogP contribution in [0.5, 0.6) is 0 Å². The van der Waals surface area contributed by atoms with Gasteiger partial charge in [-0.1, -0.05) is 0 Å². The van der Waals surface area contributed by atoms with Gasteiger partial charge < -0.3 is 20.3 Å². The number of aromatic nitrogens is 3. The highest BCUT2D eigenvalue weighted by molar-refractivity contribution is 6.43. The zero-order valence-corrected chi connectivity index (χ0v) is 17.2. The van der Waals surface area contributed by atoms with Gasteiger partial charge in [0.25, 0.3) is 17.6 Å². The average molecular weight is 401 g/mol. The minimum atomic E-state index is -0.919. The fraction of sp³-hybridized carbons (Fsp3) is 0.500. The zero-order chi connectivity index (χ0) is 21.3. The highest BCUT2D eigenvalue weighted by Crippen LogP contribution is 2.29. The van der Waals surface area contributed by atoms with Crippen molar-refractivity contribution in [2.75, 3.05) is 11.9 Å². The summed E-state index contributed by atoms with van der Waals surface area (Å²) in [6, 6.07) is 1.69. The second-order valence-electron chi connectivity index (χ2n) is 8.06. The average Bonchev–Trinajstić information content (AvgIpc) is 3.20. The first-order valence-corrected chi connectivity index (χ1v) is 9.65. The topological polar surface area (TPSA) is 118 Å². The van der Waals surface area contributed by atoms with Crippen molar-refractivity contribution < 1.29 is 19.5 Å². The Balaban J connectivity index is 1.97. The zero-order valence-electron chi connectivity index (χ0n) is 17.2. The van der Waals surface area contributed by atoms with Gasteiger partial charge in [0.15, 0.2) is 5.82 Å². The summed E-state index contributed by atoms with van der Waals surface area (Å²) in [6.07, 6.45) is 4.15. The van der Waals surface area contributed by atoms with Crippen molar-refractivity contribution in [3.05, 3.63) is 34.8 Å². The lowest BCUT2D eigenvalue weighted by Gasteiger charge is -2.23. The van der Waals surface area contributed by atoms with E-state index in [9.17, 15) is 19.5 Å². The summed E-state index contributed by atoms with van der Waals surface area (Å²) >= 11 is 0. The predicted molar refractivity (Wildman–Crippen MR) is 107 cm³/mol. The fourth-order valence-electron chi connectivity index (χ4n) is 3.64. The molecular weight excluding hydrogens is 374 g/mol. The molecule has 0 saturated carbocycles. The van der Waals surface area contributed by atoms with Crippen molar-refractivity contribution in [1.29, 1.82) is 0 Å². The number of hydrogen-bond acceptors (Lipinski definition) is 5. The predicted octanol–water partition coefficient (Wildman–Crippen LogP) is 1.19. The van der Waals surface area contributed by atoms with Crippen LogP contribution in [-0.4, -0.2) is 49.2 Å². The molecule has 1 aliphatic rings. The molecule has 0 atom stereocenters. The lowest BCUT2D eigenvalue weighted by molar-refractivity contribution is -0.119.